The Labute approximate surface area is 127 Å². The van der Waals surface area contributed by atoms with Crippen LogP contribution < -0.4 is 5.32 Å². The van der Waals surface area contributed by atoms with Crippen molar-refractivity contribution in [1.82, 2.24) is 5.32 Å². The summed E-state index contributed by atoms with van der Waals surface area (Å²) in [7, 11) is 0. The molecule has 0 saturated heterocycles. The fourth-order valence-electron chi connectivity index (χ4n) is 2.78. The van der Waals surface area contributed by atoms with Crippen LogP contribution in [0.1, 0.15) is 59.3 Å². The van der Waals surface area contributed by atoms with Gasteiger partial charge in [0.15, 0.2) is 0 Å². The van der Waals surface area contributed by atoms with Gasteiger partial charge in [-0.2, -0.15) is 0 Å². The third kappa shape index (κ3) is 6.46. The van der Waals surface area contributed by atoms with E-state index in [4.69, 9.17) is 4.74 Å². The molecule has 21 heavy (non-hydrogen) atoms. The minimum Gasteiger partial charge on any atom is -0.481 e. The molecule has 2 atom stereocenters. The Balaban J connectivity index is 2.42. The van der Waals surface area contributed by atoms with Crippen LogP contribution in [0.4, 0.5) is 0 Å². The van der Waals surface area contributed by atoms with E-state index in [2.05, 4.69) is 5.32 Å². The van der Waals surface area contributed by atoms with Gasteiger partial charge < -0.3 is 15.2 Å². The number of carbonyl (C=O) groups is 2. The summed E-state index contributed by atoms with van der Waals surface area (Å²) in [6, 6.07) is 0. The molecule has 5 heteroatoms. The van der Waals surface area contributed by atoms with Crippen LogP contribution in [-0.2, 0) is 14.3 Å². The topological polar surface area (TPSA) is 75.6 Å². The number of ether oxygens (including phenoxy) is 1. The molecule has 0 aromatic heterocycles. The summed E-state index contributed by atoms with van der Waals surface area (Å²) in [5, 5.41) is 11.9. The van der Waals surface area contributed by atoms with Gasteiger partial charge in [0.25, 0.3) is 0 Å². The van der Waals surface area contributed by atoms with Crippen LogP contribution in [0, 0.1) is 11.8 Å². The molecule has 1 amide bonds. The van der Waals surface area contributed by atoms with Crippen molar-refractivity contribution in [3.63, 3.8) is 0 Å². The molecule has 122 valence electrons. The fourth-order valence-corrected chi connectivity index (χ4v) is 2.78. The van der Waals surface area contributed by atoms with Crippen molar-refractivity contribution < 1.29 is 19.4 Å². The monoisotopic (exact) mass is 299 g/mol. The maximum atomic E-state index is 12.1. The zero-order valence-electron chi connectivity index (χ0n) is 13.4. The van der Waals surface area contributed by atoms with Crippen molar-refractivity contribution in [3.05, 3.63) is 0 Å². The third-order valence-electron chi connectivity index (χ3n) is 3.95. The Bertz CT molecular complexity index is 337. The molecule has 1 aliphatic rings. The summed E-state index contributed by atoms with van der Waals surface area (Å²) in [6.07, 6.45) is 5.29. The van der Waals surface area contributed by atoms with Gasteiger partial charge in [-0.05, 0) is 31.6 Å². The number of rotatable bonds is 9. The van der Waals surface area contributed by atoms with E-state index in [0.717, 1.165) is 25.7 Å². The molecule has 0 aromatic rings. The quantitative estimate of drug-likeness (QED) is 0.686. The summed E-state index contributed by atoms with van der Waals surface area (Å²) in [5.41, 5.74) is 0. The maximum Gasteiger partial charge on any atom is 0.308 e. The highest BCUT2D eigenvalue weighted by Gasteiger charge is 2.26. The van der Waals surface area contributed by atoms with Gasteiger partial charge in [0.05, 0.1) is 12.0 Å². The molecule has 0 spiro atoms. The van der Waals surface area contributed by atoms with Gasteiger partial charge in [0.2, 0.25) is 5.91 Å². The first kappa shape index (κ1) is 18.0. The Morgan fingerprint density at radius 1 is 1.29 bits per heavy atom. The number of hydrogen-bond acceptors (Lipinski definition) is 3. The average molecular weight is 299 g/mol. The first-order valence-electron chi connectivity index (χ1n) is 8.10. The van der Waals surface area contributed by atoms with Crippen LogP contribution in [0.15, 0.2) is 0 Å². The van der Waals surface area contributed by atoms with E-state index in [1.165, 1.54) is 0 Å². The Hall–Kier alpha value is -1.10. The normalized spacial score (nSPS) is 18.7. The Morgan fingerprint density at radius 3 is 2.38 bits per heavy atom. The van der Waals surface area contributed by atoms with Gasteiger partial charge in [-0.1, -0.05) is 33.6 Å². The zero-order chi connectivity index (χ0) is 15.8. The number of amides is 1. The number of aliphatic carboxylic acids is 1. The standard InChI is InChI=1S/C16H29NO4/c1-4-14(21-13-7-5-6-8-13)15(18)17-10-12(16(19)20)9-11(2)3/h11-14H,4-10H2,1-3H3,(H,17,18)(H,19,20). The molecule has 0 bridgehead atoms. The van der Waals surface area contributed by atoms with Gasteiger partial charge in [0, 0.05) is 6.54 Å². The summed E-state index contributed by atoms with van der Waals surface area (Å²) in [6.45, 7) is 6.06. The number of carbonyl (C=O) groups excluding carboxylic acids is 1. The number of carboxylic acids is 1. The largest absolute Gasteiger partial charge is 0.481 e. The average Bonchev–Trinajstić information content (AvgIpc) is 2.92. The van der Waals surface area contributed by atoms with Crippen molar-refractivity contribution in [2.45, 2.75) is 71.5 Å². The van der Waals surface area contributed by atoms with E-state index in [9.17, 15) is 14.7 Å². The predicted molar refractivity (Wildman–Crippen MR) is 81.0 cm³/mol. The highest BCUT2D eigenvalue weighted by atomic mass is 16.5. The highest BCUT2D eigenvalue weighted by Crippen LogP contribution is 2.23. The summed E-state index contributed by atoms with van der Waals surface area (Å²) < 4.78 is 5.84. The molecule has 2 unspecified atom stereocenters. The molecular weight excluding hydrogens is 270 g/mol. The van der Waals surface area contributed by atoms with E-state index < -0.39 is 18.0 Å². The van der Waals surface area contributed by atoms with Gasteiger partial charge >= 0.3 is 5.97 Å². The molecule has 2 N–H and O–H groups in total. The lowest BCUT2D eigenvalue weighted by molar-refractivity contribution is -0.143. The van der Waals surface area contributed by atoms with Crippen molar-refractivity contribution in [1.29, 1.82) is 0 Å². The molecule has 0 radical (unpaired) electrons. The summed E-state index contributed by atoms with van der Waals surface area (Å²) in [5.74, 6) is -1.27. The van der Waals surface area contributed by atoms with Gasteiger partial charge in [-0.15, -0.1) is 0 Å². The van der Waals surface area contributed by atoms with Gasteiger partial charge in [-0.25, -0.2) is 0 Å². The lowest BCUT2D eigenvalue weighted by atomic mass is 9.97. The van der Waals surface area contributed by atoms with E-state index in [-0.39, 0.29) is 18.6 Å². The van der Waals surface area contributed by atoms with Crippen LogP contribution in [0.25, 0.3) is 0 Å². The lowest BCUT2D eigenvalue weighted by Crippen LogP contribution is -2.41. The van der Waals surface area contributed by atoms with Crippen LogP contribution in [0.3, 0.4) is 0 Å². The molecule has 5 nitrogen and oxygen atoms in total. The van der Waals surface area contributed by atoms with Crippen molar-refractivity contribution >= 4 is 11.9 Å². The molecule has 0 aromatic carbocycles. The molecular formula is C16H29NO4. The first-order chi connectivity index (χ1) is 9.93. The first-order valence-corrected chi connectivity index (χ1v) is 8.10. The summed E-state index contributed by atoms with van der Waals surface area (Å²) >= 11 is 0. The molecule has 1 fully saturated rings. The second-order valence-electron chi connectivity index (χ2n) is 6.35. The number of carboxylic acid groups (broad SMARTS) is 1. The minimum atomic E-state index is -0.853. The Morgan fingerprint density at radius 2 is 1.90 bits per heavy atom. The van der Waals surface area contributed by atoms with E-state index in [1.54, 1.807) is 0 Å². The second-order valence-corrected chi connectivity index (χ2v) is 6.35. The molecule has 1 aliphatic carbocycles. The molecule has 1 saturated carbocycles. The minimum absolute atomic E-state index is 0.177. The van der Waals surface area contributed by atoms with Crippen LogP contribution >= 0.6 is 0 Å². The van der Waals surface area contributed by atoms with Crippen LogP contribution in [0.2, 0.25) is 0 Å². The van der Waals surface area contributed by atoms with E-state index >= 15 is 0 Å². The molecule has 0 aliphatic heterocycles. The highest BCUT2D eigenvalue weighted by molar-refractivity contribution is 5.81. The lowest BCUT2D eigenvalue weighted by Gasteiger charge is -2.22. The maximum absolute atomic E-state index is 12.1. The Kier molecular flexibility index (Phi) is 7.72. The second kappa shape index (κ2) is 9.03. The van der Waals surface area contributed by atoms with Crippen LogP contribution in [-0.4, -0.2) is 35.7 Å². The SMILES string of the molecule is CCC(OC1CCCC1)C(=O)NCC(CC(C)C)C(=O)O. The van der Waals surface area contributed by atoms with E-state index in [1.807, 2.05) is 20.8 Å². The molecule has 0 heterocycles. The fraction of sp³-hybridized carbons (Fsp3) is 0.875. The predicted octanol–water partition coefficient (Wildman–Crippen LogP) is 2.59. The van der Waals surface area contributed by atoms with Crippen LogP contribution in [0.5, 0.6) is 0 Å². The number of hydrogen-bond donors (Lipinski definition) is 2. The van der Waals surface area contributed by atoms with Crippen molar-refractivity contribution in [3.8, 4) is 0 Å². The van der Waals surface area contributed by atoms with Gasteiger partial charge in [0.1, 0.15) is 6.10 Å². The number of nitrogens with one attached hydrogen (secondary N) is 1. The zero-order valence-corrected chi connectivity index (χ0v) is 13.4. The smallest absolute Gasteiger partial charge is 0.308 e. The third-order valence-corrected chi connectivity index (χ3v) is 3.95. The van der Waals surface area contributed by atoms with Crippen molar-refractivity contribution in [2.75, 3.05) is 6.54 Å². The molecule has 1 rings (SSSR count). The summed E-state index contributed by atoms with van der Waals surface area (Å²) in [4.78, 5) is 23.3. The van der Waals surface area contributed by atoms with E-state index in [0.29, 0.717) is 18.8 Å². The van der Waals surface area contributed by atoms with Crippen molar-refractivity contribution in [2.24, 2.45) is 11.8 Å². The van der Waals surface area contributed by atoms with Gasteiger partial charge in [-0.3, -0.25) is 9.59 Å².